The molecule has 1 saturated carbocycles. The molecule has 4 atom stereocenters. The van der Waals surface area contributed by atoms with Crippen LogP contribution in [0.5, 0.6) is 17.2 Å². The van der Waals surface area contributed by atoms with E-state index in [1.807, 2.05) is 0 Å². The number of carbonyl (C=O) groups is 1. The van der Waals surface area contributed by atoms with Gasteiger partial charge in [-0.2, -0.15) is 0 Å². The van der Waals surface area contributed by atoms with E-state index in [0.717, 1.165) is 80.4 Å². The summed E-state index contributed by atoms with van der Waals surface area (Å²) in [6, 6.07) is 18.0. The van der Waals surface area contributed by atoms with Crippen LogP contribution in [0.25, 0.3) is 21.5 Å². The van der Waals surface area contributed by atoms with Gasteiger partial charge in [0.15, 0.2) is 11.3 Å². The molecule has 14 nitrogen and oxygen atoms in total. The second-order valence-corrected chi connectivity index (χ2v) is 17.4. The lowest BCUT2D eigenvalue weighted by Gasteiger charge is -2.59. The Hall–Kier alpha value is -5.62. The van der Waals surface area contributed by atoms with Crippen molar-refractivity contribution in [2.75, 3.05) is 33.9 Å². The van der Waals surface area contributed by atoms with Crippen LogP contribution < -0.4 is 19.5 Å². The third kappa shape index (κ3) is 9.54. The van der Waals surface area contributed by atoms with Gasteiger partial charge < -0.3 is 19.5 Å². The molecule has 320 valence electrons. The molecule has 1 fully saturated rings. The Labute approximate surface area is 352 Å². The fraction of sp³-hybridized carbons (Fsp3) is 0.543. The molecule has 2 bridgehead atoms. The molecule has 0 aliphatic heterocycles. The first-order valence-electron chi connectivity index (χ1n) is 21.2. The Kier molecular flexibility index (Phi) is 14.4. The van der Waals surface area contributed by atoms with E-state index in [-0.39, 0.29) is 45.3 Å². The van der Waals surface area contributed by atoms with Crippen molar-refractivity contribution in [3.8, 4) is 17.2 Å². The van der Waals surface area contributed by atoms with E-state index in [4.69, 9.17) is 24.4 Å². The van der Waals surface area contributed by atoms with Crippen LogP contribution >= 0.6 is 0 Å². The number of methoxy groups -OCH3 is 2. The van der Waals surface area contributed by atoms with Crippen molar-refractivity contribution in [3.63, 3.8) is 0 Å². The zero-order valence-electron chi connectivity index (χ0n) is 35.8. The molecule has 0 spiro atoms. The van der Waals surface area contributed by atoms with Crippen LogP contribution in [0.2, 0.25) is 0 Å². The van der Waals surface area contributed by atoms with Gasteiger partial charge in [0.25, 0.3) is 0 Å². The predicted molar refractivity (Wildman–Crippen MR) is 230 cm³/mol. The molecule has 3 aromatic carbocycles. The molecule has 1 amide bonds. The second-order valence-electron chi connectivity index (χ2n) is 17.4. The topological polar surface area (TPSA) is 188 Å². The Balaban J connectivity index is 1.08. The molecule has 0 unspecified atom stereocenters. The third-order valence-corrected chi connectivity index (χ3v) is 13.2. The molecule has 1 heterocycles. The van der Waals surface area contributed by atoms with Crippen LogP contribution in [0, 0.1) is 27.4 Å². The number of non-ortho nitro benzene ring substituents is 1. The lowest BCUT2D eigenvalue weighted by atomic mass is 9.45. The Morgan fingerprint density at radius 3 is 2.38 bits per heavy atom. The van der Waals surface area contributed by atoms with Gasteiger partial charge in [-0.25, -0.2) is 4.63 Å². The van der Waals surface area contributed by atoms with Crippen molar-refractivity contribution in [2.24, 2.45) is 22.4 Å². The maximum atomic E-state index is 13.1. The average molecular weight is 822 g/mol. The molecule has 1 N–H and O–H groups in total. The van der Waals surface area contributed by atoms with Crippen molar-refractivity contribution in [1.29, 1.82) is 0 Å². The van der Waals surface area contributed by atoms with Gasteiger partial charge in [-0.3, -0.25) is 14.9 Å². The summed E-state index contributed by atoms with van der Waals surface area (Å²) < 4.78 is 23.0. The van der Waals surface area contributed by atoms with Crippen LogP contribution in [0.3, 0.4) is 0 Å². The van der Waals surface area contributed by atoms with E-state index >= 15 is 0 Å². The van der Waals surface area contributed by atoms with Crippen LogP contribution in [0.15, 0.2) is 76.0 Å². The molecule has 14 heteroatoms. The van der Waals surface area contributed by atoms with E-state index in [2.05, 4.69) is 102 Å². The number of azide groups is 1. The van der Waals surface area contributed by atoms with Crippen molar-refractivity contribution in [3.05, 3.63) is 103 Å². The SMILES string of the molecule is COc1cc(C(C)(C)[C@H](CCCCCN=[N+]=[N-])c2ccccc2)cc(OC)c1[C@H]1C=C(CNC(=O)CCCCCCOc2ccc([N+](=O)[O-])c3nonc23)[C@H]2C[C@@H]1C2(C)C. The van der Waals surface area contributed by atoms with E-state index < -0.39 is 4.92 Å². The number of nitrogens with one attached hydrogen (secondary N) is 1. The van der Waals surface area contributed by atoms with Crippen LogP contribution in [-0.2, 0) is 10.2 Å². The van der Waals surface area contributed by atoms with Gasteiger partial charge in [0.05, 0.1) is 25.7 Å². The Bertz CT molecular complexity index is 2170. The van der Waals surface area contributed by atoms with E-state index in [1.54, 1.807) is 14.2 Å². The smallest absolute Gasteiger partial charge is 0.301 e. The summed E-state index contributed by atoms with van der Waals surface area (Å²) in [5, 5.41) is 25.6. The molecule has 4 aromatic rings. The third-order valence-electron chi connectivity index (χ3n) is 13.2. The highest BCUT2D eigenvalue weighted by Crippen LogP contribution is 2.65. The first-order valence-corrected chi connectivity index (χ1v) is 21.2. The molecule has 60 heavy (non-hydrogen) atoms. The number of aromatic nitrogens is 2. The summed E-state index contributed by atoms with van der Waals surface area (Å²) in [6.07, 6.45) is 11.0. The number of benzene rings is 3. The molecular weight excluding hydrogens is 763 g/mol. The molecule has 3 aliphatic carbocycles. The van der Waals surface area contributed by atoms with Gasteiger partial charge in [-0.05, 0) is 106 Å². The fourth-order valence-electron chi connectivity index (χ4n) is 9.66. The van der Waals surface area contributed by atoms with Gasteiger partial charge in [-0.15, -0.1) is 0 Å². The summed E-state index contributed by atoms with van der Waals surface area (Å²) in [4.78, 5) is 26.7. The van der Waals surface area contributed by atoms with Crippen molar-refractivity contribution in [2.45, 2.75) is 109 Å². The number of rotatable bonds is 23. The minimum atomic E-state index is -0.528. The monoisotopic (exact) mass is 821 g/mol. The number of amides is 1. The summed E-state index contributed by atoms with van der Waals surface area (Å²) in [6.45, 7) is 10.8. The first-order chi connectivity index (χ1) is 28.9. The summed E-state index contributed by atoms with van der Waals surface area (Å²) >= 11 is 0. The molecular formula is C46H59N7O7. The number of unbranched alkanes of at least 4 members (excludes halogenated alkanes) is 5. The lowest BCUT2D eigenvalue weighted by Crippen LogP contribution is -2.52. The number of nitrogens with zero attached hydrogens (tertiary/aromatic N) is 6. The summed E-state index contributed by atoms with van der Waals surface area (Å²) in [7, 11) is 3.49. The van der Waals surface area contributed by atoms with Crippen LogP contribution in [0.4, 0.5) is 5.69 Å². The van der Waals surface area contributed by atoms with Gasteiger partial charge >= 0.3 is 5.69 Å². The number of hydrogen-bond acceptors (Lipinski definition) is 10. The van der Waals surface area contributed by atoms with Crippen molar-refractivity contribution in [1.82, 2.24) is 15.6 Å². The number of hydrogen-bond donors (Lipinski definition) is 1. The maximum absolute atomic E-state index is 13.1. The Morgan fingerprint density at radius 1 is 1.00 bits per heavy atom. The Morgan fingerprint density at radius 2 is 1.70 bits per heavy atom. The normalized spacial score (nSPS) is 18.4. The molecule has 1 aromatic heterocycles. The largest absolute Gasteiger partial charge is 0.496 e. The predicted octanol–water partition coefficient (Wildman–Crippen LogP) is 10.9. The highest BCUT2D eigenvalue weighted by molar-refractivity contribution is 5.88. The van der Waals surface area contributed by atoms with Crippen LogP contribution in [-0.4, -0.2) is 55.1 Å². The van der Waals surface area contributed by atoms with Gasteiger partial charge in [-0.1, -0.05) is 100 Å². The molecule has 7 rings (SSSR count). The number of nitro groups is 1. The lowest BCUT2D eigenvalue weighted by molar-refractivity contribution is -0.383. The minimum absolute atomic E-state index is 0.0418. The van der Waals surface area contributed by atoms with Gasteiger partial charge in [0.2, 0.25) is 11.4 Å². The zero-order chi connectivity index (χ0) is 42.9. The molecule has 0 radical (unpaired) electrons. The van der Waals surface area contributed by atoms with Crippen molar-refractivity contribution < 1.29 is 28.6 Å². The van der Waals surface area contributed by atoms with Gasteiger partial charge in [0.1, 0.15) is 11.5 Å². The standard InChI is InChI=1S/C46H59N7O7/c1-45(2,34(30-17-11-9-12-18-30)19-13-10-15-23-49-52-47)32-26-39(57-5)42(40(27-32)58-6)33-25-31(35-28-36(33)46(35,3)4)29-48-41(54)20-14-7-8-16-24-59-38-22-21-37(53(55)56)43-44(38)51-60-50-43/h9,11-12,17-18,21-22,25-27,33-36H,7-8,10,13-16,19-20,23-24,28-29H2,1-6H3,(H,48,54)/t33-,34+,35+,36-/m0/s1. The van der Waals surface area contributed by atoms with E-state index in [9.17, 15) is 14.9 Å². The van der Waals surface area contributed by atoms with Crippen molar-refractivity contribution >= 4 is 22.6 Å². The quantitative estimate of drug-likeness (QED) is 0.0144. The molecule has 0 saturated heterocycles. The number of nitro benzene ring substituents is 1. The number of carbonyl (C=O) groups excluding carboxylic acids is 1. The summed E-state index contributed by atoms with van der Waals surface area (Å²) in [5.41, 5.74) is 13.4. The fourth-order valence-corrected chi connectivity index (χ4v) is 9.66. The highest BCUT2D eigenvalue weighted by Gasteiger charge is 2.56. The first kappa shape index (κ1) is 43.9. The number of fused-ring (bicyclic) bond motifs is 2. The van der Waals surface area contributed by atoms with E-state index in [0.29, 0.717) is 43.7 Å². The zero-order valence-corrected chi connectivity index (χ0v) is 35.8. The number of ether oxygens (including phenoxy) is 3. The van der Waals surface area contributed by atoms with Crippen LogP contribution in [0.1, 0.15) is 120 Å². The summed E-state index contributed by atoms with van der Waals surface area (Å²) in [5.74, 6) is 3.21. The molecule has 3 aliphatic rings. The average Bonchev–Trinajstić information content (AvgIpc) is 3.75. The second kappa shape index (κ2) is 19.6. The van der Waals surface area contributed by atoms with Gasteiger partial charge in [0, 0.05) is 42.0 Å². The number of allylic oxidation sites excluding steroid dienone is 1. The maximum Gasteiger partial charge on any atom is 0.301 e. The highest BCUT2D eigenvalue weighted by atomic mass is 16.6. The minimum Gasteiger partial charge on any atom is -0.496 e. The van der Waals surface area contributed by atoms with E-state index in [1.165, 1.54) is 23.3 Å².